The highest BCUT2D eigenvalue weighted by atomic mass is 32.1. The van der Waals surface area contributed by atoms with Crippen molar-refractivity contribution in [1.29, 1.82) is 0 Å². The van der Waals surface area contributed by atoms with E-state index in [9.17, 15) is 9.18 Å². The number of carbonyl (C=O) groups excluding carboxylic acids is 1. The van der Waals surface area contributed by atoms with E-state index in [-0.39, 0.29) is 17.9 Å². The van der Waals surface area contributed by atoms with Gasteiger partial charge in [0.15, 0.2) is 0 Å². The summed E-state index contributed by atoms with van der Waals surface area (Å²) in [6.07, 6.45) is 3.98. The van der Waals surface area contributed by atoms with Crippen LogP contribution in [0.4, 0.5) is 14.3 Å². The predicted octanol–water partition coefficient (Wildman–Crippen LogP) is 3.52. The number of amides is 2. The lowest BCUT2D eigenvalue weighted by Crippen LogP contribution is -2.40. The van der Waals surface area contributed by atoms with Gasteiger partial charge in [0.25, 0.3) is 0 Å². The van der Waals surface area contributed by atoms with Crippen LogP contribution in [0.15, 0.2) is 24.3 Å². The van der Waals surface area contributed by atoms with Crippen LogP contribution in [0.2, 0.25) is 0 Å². The molecule has 5 nitrogen and oxygen atoms in total. The second-order valence-corrected chi connectivity index (χ2v) is 7.03. The largest absolute Gasteiger partial charge is 0.335 e. The fourth-order valence-corrected chi connectivity index (χ4v) is 3.63. The summed E-state index contributed by atoms with van der Waals surface area (Å²) in [6, 6.07) is 6.49. The van der Waals surface area contributed by atoms with E-state index in [0.717, 1.165) is 36.3 Å². The Morgan fingerprint density at radius 1 is 1.30 bits per heavy atom. The van der Waals surface area contributed by atoms with E-state index < -0.39 is 0 Å². The average molecular weight is 334 g/mol. The molecule has 2 aromatic rings. The molecule has 1 aromatic heterocycles. The summed E-state index contributed by atoms with van der Waals surface area (Å²) in [4.78, 5) is 12.1. The first-order valence-electron chi connectivity index (χ1n) is 7.72. The number of aromatic nitrogens is 2. The number of hydrogen-bond acceptors (Lipinski definition) is 4. The van der Waals surface area contributed by atoms with Crippen LogP contribution >= 0.6 is 11.3 Å². The highest BCUT2D eigenvalue weighted by Gasteiger charge is 2.28. The minimum absolute atomic E-state index is 0.133. The maximum absolute atomic E-state index is 13.0. The summed E-state index contributed by atoms with van der Waals surface area (Å²) < 4.78 is 13.0. The Bertz CT molecular complexity index is 673. The molecule has 0 saturated heterocycles. The Balaban J connectivity index is 1.56. The van der Waals surface area contributed by atoms with Crippen LogP contribution < -0.4 is 10.6 Å². The molecule has 0 bridgehead atoms. The number of urea groups is 1. The third-order valence-corrected chi connectivity index (χ3v) is 4.89. The molecular weight excluding hydrogens is 315 g/mol. The number of hydrogen-bond donors (Lipinski definition) is 2. The number of nitrogens with zero attached hydrogens (tertiary/aromatic N) is 2. The van der Waals surface area contributed by atoms with Crippen molar-refractivity contribution in [2.75, 3.05) is 5.32 Å². The van der Waals surface area contributed by atoms with Crippen LogP contribution in [0.3, 0.4) is 0 Å². The van der Waals surface area contributed by atoms with E-state index in [1.165, 1.54) is 23.5 Å². The highest BCUT2D eigenvalue weighted by Crippen LogP contribution is 2.29. The number of carbonyl (C=O) groups is 1. The highest BCUT2D eigenvalue weighted by molar-refractivity contribution is 7.15. The van der Waals surface area contributed by atoms with Crippen molar-refractivity contribution in [3.8, 4) is 0 Å². The summed E-state index contributed by atoms with van der Waals surface area (Å²) in [5, 5.41) is 14.8. The van der Waals surface area contributed by atoms with Gasteiger partial charge in [-0.25, -0.2) is 9.18 Å². The number of aryl methyl sites for hydroxylation is 1. The minimum atomic E-state index is -0.239. The van der Waals surface area contributed by atoms with Crippen LogP contribution in [0.25, 0.3) is 0 Å². The Morgan fingerprint density at radius 2 is 2.09 bits per heavy atom. The zero-order chi connectivity index (χ0) is 16.2. The van der Waals surface area contributed by atoms with Crippen molar-refractivity contribution in [3.63, 3.8) is 0 Å². The normalized spacial score (nSPS) is 20.4. The van der Waals surface area contributed by atoms with Crippen LogP contribution in [0.1, 0.15) is 29.8 Å². The molecule has 2 atom stereocenters. The Hall–Kier alpha value is -2.02. The fourth-order valence-electron chi connectivity index (χ4n) is 3.04. The summed E-state index contributed by atoms with van der Waals surface area (Å²) in [5.74, 6) is 0.156. The molecule has 7 heteroatoms. The van der Waals surface area contributed by atoms with E-state index >= 15 is 0 Å². The molecule has 1 aliphatic rings. The van der Waals surface area contributed by atoms with Gasteiger partial charge in [-0.3, -0.25) is 5.32 Å². The van der Waals surface area contributed by atoms with Gasteiger partial charge in [-0.15, -0.1) is 10.2 Å². The van der Waals surface area contributed by atoms with Crippen LogP contribution in [0, 0.1) is 18.7 Å². The molecule has 0 aliphatic heterocycles. The molecule has 0 spiro atoms. The van der Waals surface area contributed by atoms with Gasteiger partial charge in [0.05, 0.1) is 0 Å². The van der Waals surface area contributed by atoms with E-state index in [2.05, 4.69) is 20.8 Å². The zero-order valence-electron chi connectivity index (χ0n) is 12.9. The molecule has 23 heavy (non-hydrogen) atoms. The second kappa shape index (κ2) is 7.04. The van der Waals surface area contributed by atoms with Gasteiger partial charge in [-0.1, -0.05) is 29.9 Å². The SMILES string of the molecule is Cc1nnc(NC(=O)N[C@@H]2CCC[C@@H]2Cc2ccc(F)cc2)s1. The lowest BCUT2D eigenvalue weighted by molar-refractivity contribution is 0.245. The van der Waals surface area contributed by atoms with Crippen molar-refractivity contribution >= 4 is 22.5 Å². The van der Waals surface area contributed by atoms with Gasteiger partial charge < -0.3 is 5.32 Å². The molecule has 1 saturated carbocycles. The van der Waals surface area contributed by atoms with E-state index in [4.69, 9.17) is 0 Å². The predicted molar refractivity (Wildman–Crippen MR) is 88.0 cm³/mol. The van der Waals surface area contributed by atoms with Crippen LogP contribution in [-0.2, 0) is 6.42 Å². The van der Waals surface area contributed by atoms with Gasteiger partial charge in [0.2, 0.25) is 5.13 Å². The summed E-state index contributed by atoms with van der Waals surface area (Å²) in [7, 11) is 0. The van der Waals surface area contributed by atoms with Crippen molar-refractivity contribution in [3.05, 3.63) is 40.7 Å². The topological polar surface area (TPSA) is 66.9 Å². The van der Waals surface area contributed by atoms with Crippen molar-refractivity contribution in [2.45, 2.75) is 38.6 Å². The van der Waals surface area contributed by atoms with Crippen LogP contribution in [-0.4, -0.2) is 22.3 Å². The van der Waals surface area contributed by atoms with E-state index in [1.807, 2.05) is 19.1 Å². The number of rotatable bonds is 4. The standard InChI is InChI=1S/C16H19FN4OS/c1-10-20-21-16(23-10)19-15(22)18-14-4-2-3-12(14)9-11-5-7-13(17)8-6-11/h5-8,12,14H,2-4,9H2,1H3,(H2,18,19,21,22)/t12-,14-/m1/s1. The van der Waals surface area contributed by atoms with Crippen molar-refractivity contribution in [1.82, 2.24) is 15.5 Å². The minimum Gasteiger partial charge on any atom is -0.335 e. The Morgan fingerprint density at radius 3 is 2.78 bits per heavy atom. The first-order chi connectivity index (χ1) is 11.1. The quantitative estimate of drug-likeness (QED) is 0.899. The molecule has 3 rings (SSSR count). The maximum atomic E-state index is 13.0. The Kier molecular flexibility index (Phi) is 4.85. The summed E-state index contributed by atoms with van der Waals surface area (Å²) in [5.41, 5.74) is 1.10. The maximum Gasteiger partial charge on any atom is 0.321 e. The second-order valence-electron chi connectivity index (χ2n) is 5.85. The van der Waals surface area contributed by atoms with Gasteiger partial charge in [-0.2, -0.15) is 0 Å². The summed E-state index contributed by atoms with van der Waals surface area (Å²) >= 11 is 1.35. The number of benzene rings is 1. The molecular formula is C16H19FN4OS. The van der Waals surface area contributed by atoms with Gasteiger partial charge in [0, 0.05) is 6.04 Å². The monoisotopic (exact) mass is 334 g/mol. The third kappa shape index (κ3) is 4.25. The number of halogens is 1. The molecule has 0 radical (unpaired) electrons. The molecule has 1 heterocycles. The third-order valence-electron chi connectivity index (χ3n) is 4.13. The molecule has 2 N–H and O–H groups in total. The van der Waals surface area contributed by atoms with Gasteiger partial charge in [-0.05, 0) is 49.8 Å². The molecule has 0 unspecified atom stereocenters. The molecule has 122 valence electrons. The number of nitrogens with one attached hydrogen (secondary N) is 2. The Labute approximate surface area is 138 Å². The smallest absolute Gasteiger partial charge is 0.321 e. The lowest BCUT2D eigenvalue weighted by Gasteiger charge is -2.21. The molecule has 1 fully saturated rings. The zero-order valence-corrected chi connectivity index (χ0v) is 13.7. The van der Waals surface area contributed by atoms with Gasteiger partial charge in [0.1, 0.15) is 10.8 Å². The summed E-state index contributed by atoms with van der Waals surface area (Å²) in [6.45, 7) is 1.84. The molecule has 2 amide bonds. The van der Waals surface area contributed by atoms with Crippen molar-refractivity contribution < 1.29 is 9.18 Å². The van der Waals surface area contributed by atoms with E-state index in [1.54, 1.807) is 0 Å². The average Bonchev–Trinajstić information content (AvgIpc) is 3.11. The van der Waals surface area contributed by atoms with Crippen molar-refractivity contribution in [2.24, 2.45) is 5.92 Å². The molecule has 1 aromatic carbocycles. The van der Waals surface area contributed by atoms with E-state index in [0.29, 0.717) is 11.0 Å². The number of anilines is 1. The first kappa shape index (κ1) is 15.9. The first-order valence-corrected chi connectivity index (χ1v) is 8.54. The van der Waals surface area contributed by atoms with Gasteiger partial charge >= 0.3 is 6.03 Å². The molecule has 1 aliphatic carbocycles. The van der Waals surface area contributed by atoms with Crippen LogP contribution in [0.5, 0.6) is 0 Å². The lowest BCUT2D eigenvalue weighted by atomic mass is 9.94. The fraction of sp³-hybridized carbons (Fsp3) is 0.438.